The Morgan fingerprint density at radius 2 is 2.05 bits per heavy atom. The fourth-order valence-electron chi connectivity index (χ4n) is 2.63. The van der Waals surface area contributed by atoms with Crippen molar-refractivity contribution in [3.05, 3.63) is 18.0 Å². The van der Waals surface area contributed by atoms with E-state index in [2.05, 4.69) is 10.0 Å². The predicted molar refractivity (Wildman–Crippen MR) is 80.0 cm³/mol. The number of aryl methyl sites for hydroxylation is 1. The van der Waals surface area contributed by atoms with E-state index in [0.29, 0.717) is 11.4 Å². The molecule has 0 spiro atoms. The average Bonchev–Trinajstić information content (AvgIpc) is 2.74. The second kappa shape index (κ2) is 5.87. The zero-order valence-electron chi connectivity index (χ0n) is 12.6. The van der Waals surface area contributed by atoms with Crippen LogP contribution < -0.4 is 10.0 Å². The lowest BCUT2D eigenvalue weighted by Gasteiger charge is -2.41. The molecule has 1 fully saturated rings. The lowest BCUT2D eigenvalue weighted by molar-refractivity contribution is 0.214. The molecule has 0 aliphatic heterocycles. The third-order valence-electron chi connectivity index (χ3n) is 4.29. The van der Waals surface area contributed by atoms with Gasteiger partial charge in [-0.3, -0.25) is 0 Å². The molecule has 0 amide bonds. The van der Waals surface area contributed by atoms with Crippen LogP contribution in [0.1, 0.15) is 45.2 Å². The minimum absolute atomic E-state index is 0.212. The van der Waals surface area contributed by atoms with Gasteiger partial charge in [0.1, 0.15) is 0 Å². The van der Waals surface area contributed by atoms with E-state index in [-0.39, 0.29) is 5.54 Å². The maximum Gasteiger partial charge on any atom is 0.242 e. The Morgan fingerprint density at radius 3 is 2.55 bits per heavy atom. The smallest absolute Gasteiger partial charge is 0.242 e. The Kier molecular flexibility index (Phi) is 4.56. The Bertz CT molecular complexity index is 553. The SMILES string of the molecule is CCNCc1cc(S(=O)(=O)NC2(CC)CCC2)cn1C. The highest BCUT2D eigenvalue weighted by Gasteiger charge is 2.39. The van der Waals surface area contributed by atoms with Gasteiger partial charge in [0.25, 0.3) is 0 Å². The summed E-state index contributed by atoms with van der Waals surface area (Å²) in [7, 11) is -1.54. The molecule has 0 bridgehead atoms. The fourth-order valence-corrected chi connectivity index (χ4v) is 4.25. The average molecular weight is 299 g/mol. The third kappa shape index (κ3) is 3.07. The van der Waals surface area contributed by atoms with Gasteiger partial charge < -0.3 is 9.88 Å². The van der Waals surface area contributed by atoms with Gasteiger partial charge in [-0.2, -0.15) is 0 Å². The van der Waals surface area contributed by atoms with Crippen LogP contribution in [0.2, 0.25) is 0 Å². The van der Waals surface area contributed by atoms with Gasteiger partial charge in [0.15, 0.2) is 0 Å². The van der Waals surface area contributed by atoms with E-state index in [1.54, 1.807) is 12.3 Å². The zero-order chi connectivity index (χ0) is 14.8. The van der Waals surface area contributed by atoms with Crippen LogP contribution in [0.4, 0.5) is 0 Å². The lowest BCUT2D eigenvalue weighted by atomic mass is 9.76. The van der Waals surface area contributed by atoms with Crippen LogP contribution in [-0.4, -0.2) is 25.1 Å². The first kappa shape index (κ1) is 15.5. The molecule has 1 aromatic heterocycles. The molecule has 0 atom stereocenters. The minimum Gasteiger partial charge on any atom is -0.352 e. The molecular weight excluding hydrogens is 274 g/mol. The monoisotopic (exact) mass is 299 g/mol. The highest BCUT2D eigenvalue weighted by atomic mass is 32.2. The van der Waals surface area contributed by atoms with E-state index in [0.717, 1.165) is 37.9 Å². The molecule has 0 aromatic carbocycles. The van der Waals surface area contributed by atoms with Crippen molar-refractivity contribution in [2.75, 3.05) is 6.54 Å². The van der Waals surface area contributed by atoms with Crippen molar-refractivity contribution >= 4 is 10.0 Å². The Labute approximate surface area is 121 Å². The maximum absolute atomic E-state index is 12.5. The highest BCUT2D eigenvalue weighted by Crippen LogP contribution is 2.36. The second-order valence-electron chi connectivity index (χ2n) is 5.65. The molecule has 2 rings (SSSR count). The maximum atomic E-state index is 12.5. The molecule has 0 unspecified atom stereocenters. The Morgan fingerprint density at radius 1 is 1.35 bits per heavy atom. The number of rotatable bonds is 7. The minimum atomic E-state index is -3.42. The summed E-state index contributed by atoms with van der Waals surface area (Å²) in [6, 6.07) is 1.76. The van der Waals surface area contributed by atoms with E-state index in [9.17, 15) is 8.42 Å². The van der Waals surface area contributed by atoms with Gasteiger partial charge in [-0.15, -0.1) is 0 Å². The normalized spacial score (nSPS) is 17.9. The van der Waals surface area contributed by atoms with Crippen molar-refractivity contribution in [1.82, 2.24) is 14.6 Å². The van der Waals surface area contributed by atoms with Gasteiger partial charge in [0, 0.05) is 31.0 Å². The summed E-state index contributed by atoms with van der Waals surface area (Å²) in [5, 5.41) is 3.22. The quantitative estimate of drug-likeness (QED) is 0.806. The molecular formula is C14H25N3O2S. The molecule has 1 aliphatic rings. The molecule has 5 nitrogen and oxygen atoms in total. The van der Waals surface area contributed by atoms with Gasteiger partial charge >= 0.3 is 0 Å². The van der Waals surface area contributed by atoms with Crippen LogP contribution in [0.15, 0.2) is 17.2 Å². The number of nitrogens with zero attached hydrogens (tertiary/aromatic N) is 1. The van der Waals surface area contributed by atoms with E-state index >= 15 is 0 Å². The highest BCUT2D eigenvalue weighted by molar-refractivity contribution is 7.89. The molecule has 1 aromatic rings. The molecule has 114 valence electrons. The first-order valence-corrected chi connectivity index (χ1v) is 8.81. The van der Waals surface area contributed by atoms with Crippen molar-refractivity contribution in [2.24, 2.45) is 7.05 Å². The number of sulfonamides is 1. The molecule has 1 saturated carbocycles. The third-order valence-corrected chi connectivity index (χ3v) is 5.83. The summed E-state index contributed by atoms with van der Waals surface area (Å²) in [6.45, 7) is 5.62. The number of aromatic nitrogens is 1. The molecule has 1 aliphatic carbocycles. The lowest BCUT2D eigenvalue weighted by Crippen LogP contribution is -2.52. The topological polar surface area (TPSA) is 63.1 Å². The van der Waals surface area contributed by atoms with Crippen molar-refractivity contribution in [1.29, 1.82) is 0 Å². The van der Waals surface area contributed by atoms with Crippen molar-refractivity contribution in [2.45, 2.75) is 56.5 Å². The number of hydrogen-bond acceptors (Lipinski definition) is 3. The number of nitrogens with one attached hydrogen (secondary N) is 2. The first-order valence-electron chi connectivity index (χ1n) is 7.32. The summed E-state index contributed by atoms with van der Waals surface area (Å²) < 4.78 is 29.8. The zero-order valence-corrected chi connectivity index (χ0v) is 13.4. The van der Waals surface area contributed by atoms with Gasteiger partial charge in [0.2, 0.25) is 10.0 Å². The van der Waals surface area contributed by atoms with Gasteiger partial charge in [-0.05, 0) is 38.3 Å². The summed E-state index contributed by atoms with van der Waals surface area (Å²) >= 11 is 0. The largest absolute Gasteiger partial charge is 0.352 e. The molecule has 0 saturated heterocycles. The van der Waals surface area contributed by atoms with Crippen LogP contribution in [0.5, 0.6) is 0 Å². The predicted octanol–water partition coefficient (Wildman–Crippen LogP) is 1.75. The molecule has 2 N–H and O–H groups in total. The summed E-state index contributed by atoms with van der Waals surface area (Å²) in [5.41, 5.74) is 0.766. The van der Waals surface area contributed by atoms with Gasteiger partial charge in [-0.25, -0.2) is 13.1 Å². The van der Waals surface area contributed by atoms with Crippen molar-refractivity contribution in [3.63, 3.8) is 0 Å². The van der Waals surface area contributed by atoms with Gasteiger partial charge in [-0.1, -0.05) is 13.8 Å². The summed E-state index contributed by atoms with van der Waals surface area (Å²) in [5.74, 6) is 0. The molecule has 20 heavy (non-hydrogen) atoms. The summed E-state index contributed by atoms with van der Waals surface area (Å²) in [6.07, 6.45) is 5.54. The fraction of sp³-hybridized carbons (Fsp3) is 0.714. The van der Waals surface area contributed by atoms with Crippen LogP contribution >= 0.6 is 0 Å². The molecule has 6 heteroatoms. The molecule has 0 radical (unpaired) electrons. The summed E-state index contributed by atoms with van der Waals surface area (Å²) in [4.78, 5) is 0.368. The Hall–Kier alpha value is -0.850. The Balaban J connectivity index is 2.17. The van der Waals surface area contributed by atoms with E-state index in [1.165, 1.54) is 0 Å². The van der Waals surface area contributed by atoms with Crippen LogP contribution in [-0.2, 0) is 23.6 Å². The van der Waals surface area contributed by atoms with Crippen molar-refractivity contribution in [3.8, 4) is 0 Å². The van der Waals surface area contributed by atoms with Crippen LogP contribution in [0.25, 0.3) is 0 Å². The number of hydrogen-bond donors (Lipinski definition) is 2. The van der Waals surface area contributed by atoms with Crippen LogP contribution in [0, 0.1) is 0 Å². The van der Waals surface area contributed by atoms with Crippen molar-refractivity contribution < 1.29 is 8.42 Å². The van der Waals surface area contributed by atoms with E-state index < -0.39 is 10.0 Å². The standard InChI is InChI=1S/C14H25N3O2S/c1-4-14(7-6-8-14)16-20(18,19)13-9-12(10-15-5-2)17(3)11-13/h9,11,15-16H,4-8,10H2,1-3H3. The molecule has 1 heterocycles. The first-order chi connectivity index (χ1) is 9.42. The second-order valence-corrected chi connectivity index (χ2v) is 7.33. The van der Waals surface area contributed by atoms with E-state index in [4.69, 9.17) is 0 Å². The van der Waals surface area contributed by atoms with Crippen LogP contribution in [0.3, 0.4) is 0 Å². The van der Waals surface area contributed by atoms with E-state index in [1.807, 2.05) is 25.5 Å². The van der Waals surface area contributed by atoms with Gasteiger partial charge in [0.05, 0.1) is 4.90 Å².